The number of nitrogens with one attached hydrogen (secondary N) is 1. The number of esters is 2. The van der Waals surface area contributed by atoms with Gasteiger partial charge in [0.2, 0.25) is 11.8 Å². The predicted octanol–water partition coefficient (Wildman–Crippen LogP) is 3.33. The summed E-state index contributed by atoms with van der Waals surface area (Å²) in [5, 5.41) is 11.7. The van der Waals surface area contributed by atoms with Crippen molar-refractivity contribution in [3.63, 3.8) is 0 Å². The summed E-state index contributed by atoms with van der Waals surface area (Å²) in [6, 6.07) is 26.8. The normalized spacial score (nSPS) is 22.0. The number of fused-ring (bicyclic) bond motifs is 1. The van der Waals surface area contributed by atoms with Gasteiger partial charge in [-0.2, -0.15) is 5.26 Å². The molecule has 0 radical (unpaired) electrons. The molecule has 5 rings (SSSR count). The fourth-order valence-electron chi connectivity index (χ4n) is 5.07. The third-order valence-corrected chi connectivity index (χ3v) is 8.34. The number of nitriles is 1. The first-order valence-electron chi connectivity index (χ1n) is 13.1. The van der Waals surface area contributed by atoms with Crippen LogP contribution in [0.25, 0.3) is 0 Å². The minimum atomic E-state index is -1.21. The van der Waals surface area contributed by atoms with E-state index in [1.54, 1.807) is 30.3 Å². The Morgan fingerprint density at radius 2 is 1.46 bits per heavy atom. The van der Waals surface area contributed by atoms with Crippen molar-refractivity contribution in [1.29, 1.82) is 5.26 Å². The summed E-state index contributed by atoms with van der Waals surface area (Å²) in [6.07, 6.45) is -1.70. The Morgan fingerprint density at radius 3 is 1.98 bits per heavy atom. The molecule has 0 bridgehead atoms. The highest BCUT2D eigenvalue weighted by molar-refractivity contribution is 8.00. The fraction of sp³-hybridized carbons (Fsp3) is 0.258. The summed E-state index contributed by atoms with van der Waals surface area (Å²) in [6.45, 7) is 1.24. The quantitative estimate of drug-likeness (QED) is 0.324. The number of hydrogen-bond donors (Lipinski definition) is 1. The van der Waals surface area contributed by atoms with Crippen LogP contribution >= 0.6 is 11.8 Å². The summed E-state index contributed by atoms with van der Waals surface area (Å²) < 4.78 is 11.5. The van der Waals surface area contributed by atoms with Crippen molar-refractivity contribution in [3.05, 3.63) is 108 Å². The molecule has 41 heavy (non-hydrogen) atoms. The van der Waals surface area contributed by atoms with E-state index in [4.69, 9.17) is 9.47 Å². The Labute approximate surface area is 241 Å². The molecular formula is C31H27N3O6S. The van der Waals surface area contributed by atoms with Crippen LogP contribution in [0.3, 0.4) is 0 Å². The standard InChI is InChI=1S/C31H27N3O6S/c1-19(35)39-24-18-41-30-25(33-28(36)23(17-32)20-11-5-2-6-12-20)29(37)34(30)26(24)31(38)40-27(21-13-7-3-8-14-21)22-15-9-4-10-16-22/h2-16,23-27,30H,18H2,1H3,(H,33,36)/t23?,24?,25-,26-,30-/m1/s1. The van der Waals surface area contributed by atoms with Crippen LogP contribution in [0.1, 0.15) is 35.6 Å². The summed E-state index contributed by atoms with van der Waals surface area (Å²) in [7, 11) is 0. The van der Waals surface area contributed by atoms with Crippen molar-refractivity contribution in [2.24, 2.45) is 0 Å². The average Bonchev–Trinajstić information content (AvgIpc) is 3.00. The Kier molecular flexibility index (Phi) is 8.36. The average molecular weight is 570 g/mol. The molecule has 208 valence electrons. The van der Waals surface area contributed by atoms with E-state index in [0.717, 1.165) is 11.1 Å². The molecule has 0 saturated carbocycles. The molecule has 2 aliphatic rings. The lowest BCUT2D eigenvalue weighted by Crippen LogP contribution is -2.77. The number of amides is 2. The first kappa shape index (κ1) is 27.9. The summed E-state index contributed by atoms with van der Waals surface area (Å²) in [5.41, 5.74) is 1.99. The van der Waals surface area contributed by atoms with Gasteiger partial charge < -0.3 is 19.7 Å². The zero-order valence-corrected chi connectivity index (χ0v) is 22.9. The number of β-lactam (4-membered cyclic amide) rings is 1. The number of benzene rings is 3. The molecule has 2 aliphatic heterocycles. The van der Waals surface area contributed by atoms with E-state index in [1.807, 2.05) is 66.7 Å². The van der Waals surface area contributed by atoms with Gasteiger partial charge in [0, 0.05) is 12.7 Å². The van der Waals surface area contributed by atoms with Crippen LogP contribution in [0.5, 0.6) is 0 Å². The Bertz CT molecular complexity index is 1420. The molecule has 2 unspecified atom stereocenters. The molecule has 9 nitrogen and oxygen atoms in total. The van der Waals surface area contributed by atoms with Gasteiger partial charge in [0.15, 0.2) is 12.1 Å². The first-order valence-corrected chi connectivity index (χ1v) is 14.1. The highest BCUT2D eigenvalue weighted by atomic mass is 32.2. The molecule has 2 fully saturated rings. The van der Waals surface area contributed by atoms with Gasteiger partial charge in [-0.3, -0.25) is 14.4 Å². The van der Waals surface area contributed by atoms with Crippen molar-refractivity contribution in [1.82, 2.24) is 10.2 Å². The fourth-order valence-corrected chi connectivity index (χ4v) is 6.48. The molecule has 2 amide bonds. The van der Waals surface area contributed by atoms with E-state index in [9.17, 15) is 24.4 Å². The summed E-state index contributed by atoms with van der Waals surface area (Å²) in [4.78, 5) is 53.5. The van der Waals surface area contributed by atoms with E-state index in [-0.39, 0.29) is 5.75 Å². The number of hydrogen-bond acceptors (Lipinski definition) is 8. The zero-order valence-electron chi connectivity index (χ0n) is 22.1. The Morgan fingerprint density at radius 1 is 0.927 bits per heavy atom. The molecule has 2 saturated heterocycles. The van der Waals surface area contributed by atoms with Crippen LogP contribution in [-0.4, -0.2) is 58.0 Å². The van der Waals surface area contributed by atoms with Crippen LogP contribution in [-0.2, 0) is 28.7 Å². The van der Waals surface area contributed by atoms with Gasteiger partial charge in [0.05, 0.1) is 6.07 Å². The van der Waals surface area contributed by atoms with E-state index >= 15 is 0 Å². The lowest BCUT2D eigenvalue weighted by molar-refractivity contribution is -0.178. The van der Waals surface area contributed by atoms with Crippen molar-refractivity contribution < 1.29 is 28.7 Å². The SMILES string of the molecule is CC(=O)OC1CS[C@@H]2[C@H](NC(=O)C(C#N)c3ccccc3)C(=O)N2[C@H]1C(=O)OC(c1ccccc1)c1ccccc1. The van der Waals surface area contributed by atoms with Crippen molar-refractivity contribution in [3.8, 4) is 6.07 Å². The highest BCUT2D eigenvalue weighted by Gasteiger charge is 2.59. The first-order chi connectivity index (χ1) is 19.9. The molecule has 0 aromatic heterocycles. The minimum Gasteiger partial charge on any atom is -0.459 e. The molecule has 0 aliphatic carbocycles. The zero-order chi connectivity index (χ0) is 28.9. The number of thioether (sulfide) groups is 1. The lowest BCUT2D eigenvalue weighted by Gasteiger charge is -2.54. The van der Waals surface area contributed by atoms with Gasteiger partial charge in [-0.25, -0.2) is 4.79 Å². The molecular weight excluding hydrogens is 542 g/mol. The summed E-state index contributed by atoms with van der Waals surface area (Å²) in [5.74, 6) is -3.33. The van der Waals surface area contributed by atoms with Gasteiger partial charge in [-0.15, -0.1) is 11.8 Å². The molecule has 3 aromatic rings. The number of rotatable bonds is 8. The van der Waals surface area contributed by atoms with Gasteiger partial charge in [-0.1, -0.05) is 91.0 Å². The van der Waals surface area contributed by atoms with Gasteiger partial charge in [0.25, 0.3) is 0 Å². The van der Waals surface area contributed by atoms with Crippen molar-refractivity contribution in [2.45, 2.75) is 42.5 Å². The maximum Gasteiger partial charge on any atom is 0.333 e. The maximum absolute atomic E-state index is 13.8. The Hall–Kier alpha value is -4.62. The molecule has 1 N–H and O–H groups in total. The second-order valence-corrected chi connectivity index (χ2v) is 10.8. The second-order valence-electron chi connectivity index (χ2n) is 9.66. The van der Waals surface area contributed by atoms with Crippen molar-refractivity contribution >= 4 is 35.5 Å². The third-order valence-electron chi connectivity index (χ3n) is 6.98. The number of carbonyl (C=O) groups is 4. The summed E-state index contributed by atoms with van der Waals surface area (Å²) >= 11 is 1.29. The predicted molar refractivity (Wildman–Crippen MR) is 150 cm³/mol. The lowest BCUT2D eigenvalue weighted by atomic mass is 9.96. The largest absolute Gasteiger partial charge is 0.459 e. The van der Waals surface area contributed by atoms with E-state index in [2.05, 4.69) is 5.32 Å². The number of nitrogens with zero attached hydrogens (tertiary/aromatic N) is 2. The van der Waals surface area contributed by atoms with E-state index in [1.165, 1.54) is 23.6 Å². The molecule has 5 atom stereocenters. The third kappa shape index (κ3) is 5.81. The molecule has 2 heterocycles. The molecule has 0 spiro atoms. The van der Waals surface area contributed by atoms with Crippen LogP contribution in [0.2, 0.25) is 0 Å². The topological polar surface area (TPSA) is 126 Å². The van der Waals surface area contributed by atoms with Crippen LogP contribution in [0.15, 0.2) is 91.0 Å². The van der Waals surface area contributed by atoms with Crippen LogP contribution < -0.4 is 5.32 Å². The minimum absolute atomic E-state index is 0.210. The maximum atomic E-state index is 13.8. The highest BCUT2D eigenvalue weighted by Crippen LogP contribution is 2.41. The molecule has 3 aromatic carbocycles. The number of ether oxygens (including phenoxy) is 2. The van der Waals surface area contributed by atoms with Crippen LogP contribution in [0, 0.1) is 11.3 Å². The van der Waals surface area contributed by atoms with E-state index in [0.29, 0.717) is 5.56 Å². The van der Waals surface area contributed by atoms with Gasteiger partial charge in [-0.05, 0) is 16.7 Å². The Balaban J connectivity index is 1.38. The van der Waals surface area contributed by atoms with Crippen molar-refractivity contribution in [2.75, 3.05) is 5.75 Å². The molecule has 10 heteroatoms. The number of carbonyl (C=O) groups excluding carboxylic acids is 4. The van der Waals surface area contributed by atoms with Crippen LogP contribution in [0.4, 0.5) is 0 Å². The second kappa shape index (κ2) is 12.3. The van der Waals surface area contributed by atoms with E-state index < -0.39 is 59.3 Å². The van der Waals surface area contributed by atoms with Gasteiger partial charge in [0.1, 0.15) is 23.4 Å². The monoisotopic (exact) mass is 569 g/mol. The van der Waals surface area contributed by atoms with Gasteiger partial charge >= 0.3 is 11.9 Å². The smallest absolute Gasteiger partial charge is 0.333 e.